The van der Waals surface area contributed by atoms with Crippen LogP contribution in [0.3, 0.4) is 0 Å². The van der Waals surface area contributed by atoms with Gasteiger partial charge in [-0.2, -0.15) is 0 Å². The summed E-state index contributed by atoms with van der Waals surface area (Å²) in [5.41, 5.74) is 6.50. The van der Waals surface area contributed by atoms with Gasteiger partial charge in [0.2, 0.25) is 10.0 Å². The third-order valence-corrected chi connectivity index (χ3v) is 5.75. The van der Waals surface area contributed by atoms with E-state index in [4.69, 9.17) is 5.73 Å². The third-order valence-electron chi connectivity index (χ3n) is 3.23. The highest BCUT2D eigenvalue weighted by atomic mass is 79.9. The lowest BCUT2D eigenvalue weighted by Gasteiger charge is -2.19. The highest BCUT2D eigenvalue weighted by Gasteiger charge is 2.22. The molecular weight excluding hydrogens is 390 g/mol. The number of hydrogen-bond donors (Lipinski definition) is 2. The second-order valence-corrected chi connectivity index (χ2v) is 7.74. The summed E-state index contributed by atoms with van der Waals surface area (Å²) >= 11 is 3.31. The lowest BCUT2D eigenvalue weighted by atomic mass is 10.1. The number of hydrogen-bond acceptors (Lipinski definition) is 4. The molecule has 0 aromatic heterocycles. The Balaban J connectivity index is 0.00000441. The van der Waals surface area contributed by atoms with Gasteiger partial charge in [0.15, 0.2) is 0 Å². The molecule has 0 radical (unpaired) electrons. The maximum Gasteiger partial charge on any atom is 0.242 e. The third kappa shape index (κ3) is 6.04. The Bertz CT molecular complexity index is 567. The van der Waals surface area contributed by atoms with E-state index in [2.05, 4.69) is 27.6 Å². The van der Waals surface area contributed by atoms with Crippen molar-refractivity contribution in [2.24, 2.45) is 5.73 Å². The number of unbranched alkanes of at least 4 members (excludes halogenated alkanes) is 1. The van der Waals surface area contributed by atoms with E-state index < -0.39 is 10.0 Å². The number of halogens is 2. The van der Waals surface area contributed by atoms with E-state index in [1.54, 1.807) is 12.1 Å². The molecule has 0 amide bonds. The van der Waals surface area contributed by atoms with Gasteiger partial charge in [0.25, 0.3) is 0 Å². The number of benzene rings is 1. The zero-order valence-corrected chi connectivity index (χ0v) is 16.4. The van der Waals surface area contributed by atoms with Crippen molar-refractivity contribution in [1.82, 2.24) is 4.72 Å². The average molecular weight is 415 g/mol. The van der Waals surface area contributed by atoms with E-state index in [9.17, 15) is 8.42 Å². The van der Waals surface area contributed by atoms with Crippen molar-refractivity contribution in [2.75, 3.05) is 25.5 Å². The minimum Gasteiger partial charge on any atom is -0.378 e. The van der Waals surface area contributed by atoms with Crippen molar-refractivity contribution in [3.8, 4) is 0 Å². The van der Waals surface area contributed by atoms with Gasteiger partial charge < -0.3 is 10.6 Å². The summed E-state index contributed by atoms with van der Waals surface area (Å²) in [7, 11) is 0.152. The summed E-state index contributed by atoms with van der Waals surface area (Å²) in [6.07, 6.45) is 2.71. The smallest absolute Gasteiger partial charge is 0.242 e. The fraction of sp³-hybridized carbons (Fsp3) is 0.571. The van der Waals surface area contributed by atoms with Crippen LogP contribution in [0.2, 0.25) is 0 Å². The topological polar surface area (TPSA) is 75.4 Å². The van der Waals surface area contributed by atoms with E-state index in [0.717, 1.165) is 24.9 Å². The SMILES string of the molecule is CCCCC(CN)NS(=O)(=O)c1cc(N(C)C)ccc1Br.Cl. The summed E-state index contributed by atoms with van der Waals surface area (Å²) < 4.78 is 28.3. The number of anilines is 1. The van der Waals surface area contributed by atoms with Gasteiger partial charge in [-0.15, -0.1) is 12.4 Å². The van der Waals surface area contributed by atoms with Gasteiger partial charge >= 0.3 is 0 Å². The Kier molecular flexibility index (Phi) is 9.57. The molecule has 8 heteroatoms. The minimum absolute atomic E-state index is 0. The fourth-order valence-corrected chi connectivity index (χ4v) is 4.20. The van der Waals surface area contributed by atoms with Crippen LogP contribution >= 0.6 is 28.3 Å². The maximum atomic E-state index is 12.5. The van der Waals surface area contributed by atoms with E-state index in [-0.39, 0.29) is 23.3 Å². The number of nitrogens with one attached hydrogen (secondary N) is 1. The van der Waals surface area contributed by atoms with Crippen molar-refractivity contribution in [3.63, 3.8) is 0 Å². The van der Waals surface area contributed by atoms with E-state index in [1.165, 1.54) is 0 Å². The number of nitrogens with zero attached hydrogens (tertiary/aromatic N) is 1. The molecule has 0 bridgehead atoms. The largest absolute Gasteiger partial charge is 0.378 e. The van der Waals surface area contributed by atoms with Crippen LogP contribution in [0.5, 0.6) is 0 Å². The van der Waals surface area contributed by atoms with Crippen molar-refractivity contribution in [2.45, 2.75) is 37.1 Å². The molecule has 0 saturated heterocycles. The molecule has 0 spiro atoms. The molecule has 0 fully saturated rings. The van der Waals surface area contributed by atoms with E-state index in [0.29, 0.717) is 11.0 Å². The van der Waals surface area contributed by atoms with E-state index >= 15 is 0 Å². The first-order valence-electron chi connectivity index (χ1n) is 7.01. The lowest BCUT2D eigenvalue weighted by molar-refractivity contribution is 0.516. The quantitative estimate of drug-likeness (QED) is 0.686. The Morgan fingerprint density at radius 2 is 2.00 bits per heavy atom. The monoisotopic (exact) mass is 413 g/mol. The normalized spacial score (nSPS) is 12.6. The zero-order valence-electron chi connectivity index (χ0n) is 13.2. The molecule has 0 aliphatic rings. The predicted molar refractivity (Wildman–Crippen MR) is 98.4 cm³/mol. The Morgan fingerprint density at radius 3 is 2.50 bits per heavy atom. The molecule has 22 heavy (non-hydrogen) atoms. The zero-order chi connectivity index (χ0) is 16.0. The van der Waals surface area contributed by atoms with Crippen molar-refractivity contribution in [3.05, 3.63) is 22.7 Å². The Morgan fingerprint density at radius 1 is 1.36 bits per heavy atom. The van der Waals surface area contributed by atoms with Crippen LogP contribution in [-0.4, -0.2) is 35.1 Å². The standard InChI is InChI=1S/C14H24BrN3O2S.ClH/c1-4-5-6-11(10-16)17-21(19,20)14-9-12(18(2)3)7-8-13(14)15;/h7-9,11,17H,4-6,10,16H2,1-3H3;1H. The van der Waals surface area contributed by atoms with Gasteiger partial charge in [-0.25, -0.2) is 13.1 Å². The molecular formula is C14H25BrClN3O2S. The summed E-state index contributed by atoms with van der Waals surface area (Å²) in [5, 5.41) is 0. The molecule has 0 heterocycles. The molecule has 0 saturated carbocycles. The van der Waals surface area contributed by atoms with E-state index in [1.807, 2.05) is 25.1 Å². The molecule has 1 unspecified atom stereocenters. The van der Waals surface area contributed by atoms with Gasteiger partial charge in [0, 0.05) is 36.8 Å². The second kappa shape index (κ2) is 9.72. The molecule has 0 aliphatic carbocycles. The van der Waals surface area contributed by atoms with Crippen LogP contribution in [0.15, 0.2) is 27.6 Å². The predicted octanol–water partition coefficient (Wildman–Crippen LogP) is 2.73. The molecule has 5 nitrogen and oxygen atoms in total. The Hall–Kier alpha value is -0.340. The van der Waals surface area contributed by atoms with Crippen LogP contribution in [0, 0.1) is 0 Å². The number of sulfonamides is 1. The first-order chi connectivity index (χ1) is 9.81. The first-order valence-corrected chi connectivity index (χ1v) is 9.28. The Labute approximate surface area is 148 Å². The number of rotatable bonds is 8. The molecule has 0 aliphatic heterocycles. The van der Waals surface area contributed by atoms with Gasteiger partial charge in [0.1, 0.15) is 0 Å². The van der Waals surface area contributed by atoms with Gasteiger partial charge in [0.05, 0.1) is 4.90 Å². The summed E-state index contributed by atoms with van der Waals surface area (Å²) in [6.45, 7) is 2.36. The average Bonchev–Trinajstić information content (AvgIpc) is 2.43. The molecule has 1 aromatic carbocycles. The second-order valence-electron chi connectivity index (χ2n) is 5.21. The summed E-state index contributed by atoms with van der Waals surface area (Å²) in [6, 6.07) is 5.03. The number of nitrogens with two attached hydrogens (primary N) is 1. The highest BCUT2D eigenvalue weighted by Crippen LogP contribution is 2.26. The van der Waals surface area contributed by atoms with Crippen molar-refractivity contribution >= 4 is 44.0 Å². The van der Waals surface area contributed by atoms with Gasteiger partial charge in [-0.3, -0.25) is 0 Å². The van der Waals surface area contributed by atoms with Gasteiger partial charge in [-0.05, 0) is 40.5 Å². The van der Waals surface area contributed by atoms with Crippen LogP contribution in [0.25, 0.3) is 0 Å². The van der Waals surface area contributed by atoms with Crippen LogP contribution in [0.4, 0.5) is 5.69 Å². The van der Waals surface area contributed by atoms with Crippen molar-refractivity contribution < 1.29 is 8.42 Å². The molecule has 1 atom stereocenters. The van der Waals surface area contributed by atoms with Crippen LogP contribution < -0.4 is 15.4 Å². The lowest BCUT2D eigenvalue weighted by Crippen LogP contribution is -2.40. The molecule has 128 valence electrons. The van der Waals surface area contributed by atoms with Gasteiger partial charge in [-0.1, -0.05) is 19.8 Å². The minimum atomic E-state index is -3.59. The molecule has 1 aromatic rings. The molecule has 3 N–H and O–H groups in total. The summed E-state index contributed by atoms with van der Waals surface area (Å²) in [4.78, 5) is 2.10. The highest BCUT2D eigenvalue weighted by molar-refractivity contribution is 9.10. The fourth-order valence-electron chi connectivity index (χ4n) is 1.93. The summed E-state index contributed by atoms with van der Waals surface area (Å²) in [5.74, 6) is 0. The maximum absolute atomic E-state index is 12.5. The van der Waals surface area contributed by atoms with Crippen LogP contribution in [-0.2, 0) is 10.0 Å². The molecule has 1 rings (SSSR count). The first kappa shape index (κ1) is 21.7. The van der Waals surface area contributed by atoms with Crippen LogP contribution in [0.1, 0.15) is 26.2 Å². The van der Waals surface area contributed by atoms with Crippen molar-refractivity contribution in [1.29, 1.82) is 0 Å².